The molecule has 0 saturated carbocycles. The molecule has 1 aliphatic rings. The van der Waals surface area contributed by atoms with E-state index < -0.39 is 23.9 Å². The largest absolute Gasteiger partial charge is 0.493 e. The van der Waals surface area contributed by atoms with E-state index in [0.717, 1.165) is 16.5 Å². The Morgan fingerprint density at radius 2 is 1.87 bits per heavy atom. The molecule has 1 atom stereocenters. The number of ether oxygens (including phenoxy) is 3. The van der Waals surface area contributed by atoms with E-state index in [1.807, 2.05) is 35.0 Å². The van der Waals surface area contributed by atoms with Crippen molar-refractivity contribution in [2.75, 3.05) is 20.3 Å². The summed E-state index contributed by atoms with van der Waals surface area (Å²) in [6, 6.07) is 17.9. The Labute approximate surface area is 258 Å². The molecule has 2 heterocycles. The molecule has 12 heteroatoms. The van der Waals surface area contributed by atoms with Gasteiger partial charge in [0.25, 0.3) is 5.91 Å². The number of aromatic nitrogens is 1. The maximum atomic E-state index is 14.3. The van der Waals surface area contributed by atoms with Crippen molar-refractivity contribution in [1.82, 2.24) is 20.6 Å². The molecule has 232 valence electrons. The van der Waals surface area contributed by atoms with Crippen LogP contribution in [-0.2, 0) is 20.9 Å². The van der Waals surface area contributed by atoms with Crippen molar-refractivity contribution in [1.29, 1.82) is 0 Å². The van der Waals surface area contributed by atoms with Crippen molar-refractivity contribution >= 4 is 35.0 Å². The first-order valence-electron chi connectivity index (χ1n) is 14.2. The van der Waals surface area contributed by atoms with Gasteiger partial charge in [-0.15, -0.1) is 0 Å². The van der Waals surface area contributed by atoms with Gasteiger partial charge >= 0.3 is 12.0 Å². The third kappa shape index (κ3) is 6.96. The monoisotopic (exact) mass is 613 g/mol. The Bertz CT molecular complexity index is 1810. The summed E-state index contributed by atoms with van der Waals surface area (Å²) in [6.07, 6.45) is 3.38. The van der Waals surface area contributed by atoms with Gasteiger partial charge in [0.1, 0.15) is 5.82 Å². The van der Waals surface area contributed by atoms with Gasteiger partial charge in [0.15, 0.2) is 18.1 Å². The van der Waals surface area contributed by atoms with Gasteiger partial charge in [-0.1, -0.05) is 42.5 Å². The lowest BCUT2D eigenvalue weighted by molar-refractivity contribution is -0.139. The fourth-order valence-corrected chi connectivity index (χ4v) is 5.07. The molecule has 3 N–H and O–H groups in total. The zero-order chi connectivity index (χ0) is 31.9. The third-order valence-electron chi connectivity index (χ3n) is 7.16. The van der Waals surface area contributed by atoms with Crippen molar-refractivity contribution in [3.8, 4) is 11.5 Å². The molecule has 0 saturated heterocycles. The highest BCUT2D eigenvalue weighted by Crippen LogP contribution is 2.34. The second-order valence-corrected chi connectivity index (χ2v) is 10.1. The average molecular weight is 614 g/mol. The van der Waals surface area contributed by atoms with E-state index in [0.29, 0.717) is 29.1 Å². The molecule has 5 rings (SSSR count). The fourth-order valence-electron chi connectivity index (χ4n) is 5.07. The van der Waals surface area contributed by atoms with E-state index in [4.69, 9.17) is 14.2 Å². The number of carbonyl (C=O) groups excluding carboxylic acids is 3. The summed E-state index contributed by atoms with van der Waals surface area (Å²) >= 11 is 0. The standard InChI is InChI=1S/C33H32FN5O6/c1-4-44-32(41)30-20(2)36-33(42)37-31(30)21-13-14-27(28(15-21)43-3)45-19-29(40)38-35-16-23-18-39(26-12-8-6-10-24(23)26)17-22-9-5-7-11-25(22)34/h5-16,18,31H,4,17,19H2,1-3H3,(H,38,40)(H2,36,37,42)/b35-16-/t31-/m1/s1. The van der Waals surface area contributed by atoms with Crippen LogP contribution < -0.4 is 25.5 Å². The summed E-state index contributed by atoms with van der Waals surface area (Å²) in [4.78, 5) is 37.4. The van der Waals surface area contributed by atoms with Crippen LogP contribution in [0, 0.1) is 5.82 Å². The summed E-state index contributed by atoms with van der Waals surface area (Å²) in [5.74, 6) is -0.786. The maximum Gasteiger partial charge on any atom is 0.338 e. The van der Waals surface area contributed by atoms with Crippen LogP contribution in [0.4, 0.5) is 9.18 Å². The smallest absolute Gasteiger partial charge is 0.338 e. The topological polar surface area (TPSA) is 132 Å². The number of nitrogens with one attached hydrogen (secondary N) is 3. The molecule has 0 radical (unpaired) electrons. The van der Waals surface area contributed by atoms with E-state index in [9.17, 15) is 18.8 Å². The molecule has 3 aromatic carbocycles. The van der Waals surface area contributed by atoms with Gasteiger partial charge in [-0.05, 0) is 43.7 Å². The number of hydrazone groups is 1. The predicted molar refractivity (Wildman–Crippen MR) is 165 cm³/mol. The van der Waals surface area contributed by atoms with Crippen LogP contribution in [0.5, 0.6) is 11.5 Å². The highest BCUT2D eigenvalue weighted by molar-refractivity contribution is 6.00. The second kappa shape index (κ2) is 13.8. The number of amides is 3. The maximum absolute atomic E-state index is 14.3. The molecule has 0 aliphatic carbocycles. The Hall–Kier alpha value is -5.65. The molecule has 0 bridgehead atoms. The number of methoxy groups -OCH3 is 1. The van der Waals surface area contributed by atoms with Gasteiger partial charge in [0.05, 0.1) is 38.1 Å². The van der Waals surface area contributed by atoms with Gasteiger partial charge < -0.3 is 29.4 Å². The van der Waals surface area contributed by atoms with E-state index in [2.05, 4.69) is 21.2 Å². The lowest BCUT2D eigenvalue weighted by atomic mass is 9.95. The lowest BCUT2D eigenvalue weighted by Crippen LogP contribution is -2.45. The number of allylic oxidation sites excluding steroid dienone is 1. The normalized spacial score (nSPS) is 14.7. The molecular formula is C33H32FN5O6. The summed E-state index contributed by atoms with van der Waals surface area (Å²) in [6.45, 7) is 3.48. The quantitative estimate of drug-likeness (QED) is 0.129. The number of halogens is 1. The zero-order valence-electron chi connectivity index (χ0n) is 24.9. The van der Waals surface area contributed by atoms with Crippen molar-refractivity contribution in [3.63, 3.8) is 0 Å². The Kier molecular flexibility index (Phi) is 9.42. The molecule has 11 nitrogen and oxygen atoms in total. The Morgan fingerprint density at radius 3 is 2.64 bits per heavy atom. The summed E-state index contributed by atoms with van der Waals surface area (Å²) < 4.78 is 32.5. The number of esters is 1. The molecule has 4 aromatic rings. The lowest BCUT2D eigenvalue weighted by Gasteiger charge is -2.28. The van der Waals surface area contributed by atoms with Crippen LogP contribution in [0.3, 0.4) is 0 Å². The summed E-state index contributed by atoms with van der Waals surface area (Å²) in [5, 5.41) is 10.3. The number of para-hydroxylation sites is 1. The zero-order valence-corrected chi connectivity index (χ0v) is 24.9. The van der Waals surface area contributed by atoms with Gasteiger partial charge in [-0.2, -0.15) is 5.10 Å². The Balaban J connectivity index is 1.25. The first-order valence-corrected chi connectivity index (χ1v) is 14.2. The number of hydrogen-bond acceptors (Lipinski definition) is 7. The second-order valence-electron chi connectivity index (χ2n) is 10.1. The molecular weight excluding hydrogens is 581 g/mol. The summed E-state index contributed by atoms with van der Waals surface area (Å²) in [7, 11) is 1.44. The molecule has 1 aromatic heterocycles. The number of fused-ring (bicyclic) bond motifs is 1. The molecule has 0 fully saturated rings. The van der Waals surface area contributed by atoms with Crippen LogP contribution in [0.25, 0.3) is 10.9 Å². The predicted octanol–water partition coefficient (Wildman–Crippen LogP) is 4.56. The SMILES string of the molecule is CCOC(=O)C1=C(C)NC(=O)N[C@@H]1c1ccc(OCC(=O)N/N=C\c2cn(Cc3ccccc3F)c3ccccc23)c(OC)c1. The minimum atomic E-state index is -0.781. The van der Waals surface area contributed by atoms with Crippen molar-refractivity contribution in [2.24, 2.45) is 5.10 Å². The van der Waals surface area contributed by atoms with Crippen LogP contribution in [0.15, 0.2) is 89.3 Å². The van der Waals surface area contributed by atoms with Crippen molar-refractivity contribution in [3.05, 3.63) is 107 Å². The first-order chi connectivity index (χ1) is 21.8. The van der Waals surface area contributed by atoms with Crippen LogP contribution in [0.1, 0.15) is 36.6 Å². The highest BCUT2D eigenvalue weighted by atomic mass is 19.1. The molecule has 0 spiro atoms. The van der Waals surface area contributed by atoms with E-state index in [-0.39, 0.29) is 30.4 Å². The number of rotatable bonds is 11. The van der Waals surface area contributed by atoms with Crippen molar-refractivity contribution in [2.45, 2.75) is 26.4 Å². The van der Waals surface area contributed by atoms with Gasteiger partial charge in [-0.25, -0.2) is 19.4 Å². The minimum Gasteiger partial charge on any atom is -0.493 e. The minimum absolute atomic E-state index is 0.178. The fraction of sp³-hybridized carbons (Fsp3) is 0.212. The average Bonchev–Trinajstić information content (AvgIpc) is 3.37. The van der Waals surface area contributed by atoms with E-state index in [1.165, 1.54) is 19.4 Å². The number of carbonyl (C=O) groups is 3. The van der Waals surface area contributed by atoms with E-state index >= 15 is 0 Å². The molecule has 0 unspecified atom stereocenters. The number of hydrogen-bond donors (Lipinski definition) is 3. The highest BCUT2D eigenvalue weighted by Gasteiger charge is 2.32. The van der Waals surface area contributed by atoms with Gasteiger partial charge in [0.2, 0.25) is 0 Å². The third-order valence-corrected chi connectivity index (χ3v) is 7.16. The van der Waals surface area contributed by atoms with Gasteiger partial charge in [-0.3, -0.25) is 4.79 Å². The van der Waals surface area contributed by atoms with Gasteiger partial charge in [0, 0.05) is 33.9 Å². The Morgan fingerprint density at radius 1 is 1.09 bits per heavy atom. The van der Waals surface area contributed by atoms with E-state index in [1.54, 1.807) is 50.2 Å². The van der Waals surface area contributed by atoms with Crippen molar-refractivity contribution < 1.29 is 33.0 Å². The number of urea groups is 1. The number of nitrogens with zero attached hydrogens (tertiary/aromatic N) is 2. The first kappa shape index (κ1) is 30.8. The molecule has 1 aliphatic heterocycles. The van der Waals surface area contributed by atoms with Crippen LogP contribution in [-0.4, -0.2) is 49.0 Å². The number of benzene rings is 3. The van der Waals surface area contributed by atoms with Crippen LogP contribution in [0.2, 0.25) is 0 Å². The molecule has 3 amide bonds. The van der Waals surface area contributed by atoms with Crippen LogP contribution >= 0.6 is 0 Å². The molecule has 45 heavy (non-hydrogen) atoms. The summed E-state index contributed by atoms with van der Waals surface area (Å²) in [5.41, 5.74) is 5.86.